The van der Waals surface area contributed by atoms with Crippen LogP contribution in [0.5, 0.6) is 11.5 Å². The maximum Gasteiger partial charge on any atom is 0.343 e. The molecule has 0 saturated carbocycles. The third-order valence-corrected chi connectivity index (χ3v) is 5.58. The van der Waals surface area contributed by atoms with Gasteiger partial charge in [-0.1, -0.05) is 89.6 Å². The molecular weight excluding hydrogens is 412 g/mol. The second-order valence-corrected chi connectivity index (χ2v) is 8.76. The molecule has 0 aromatic heterocycles. The molecule has 0 saturated heterocycles. The number of carbonyl (C=O) groups is 2. The van der Waals surface area contributed by atoms with E-state index in [-0.39, 0.29) is 17.6 Å². The molecule has 0 spiro atoms. The van der Waals surface area contributed by atoms with E-state index in [1.165, 1.54) is 0 Å². The second kappa shape index (κ2) is 11.0. The van der Waals surface area contributed by atoms with E-state index in [0.29, 0.717) is 23.3 Å². The van der Waals surface area contributed by atoms with Crippen LogP contribution in [0.25, 0.3) is 0 Å². The average Bonchev–Trinajstić information content (AvgIpc) is 2.81. The van der Waals surface area contributed by atoms with Crippen LogP contribution in [0, 0.1) is 0 Å². The number of ether oxygens (including phenoxy) is 2. The molecule has 4 heteroatoms. The van der Waals surface area contributed by atoms with Gasteiger partial charge in [0.05, 0.1) is 11.1 Å². The van der Waals surface area contributed by atoms with Gasteiger partial charge in [-0.3, -0.25) is 0 Å². The first-order valence-corrected chi connectivity index (χ1v) is 11.6. The van der Waals surface area contributed by atoms with Crippen LogP contribution >= 0.6 is 0 Å². The van der Waals surface area contributed by atoms with Crippen LogP contribution in [0.4, 0.5) is 0 Å². The smallest absolute Gasteiger partial charge is 0.343 e. The molecule has 0 radical (unpaired) electrons. The van der Waals surface area contributed by atoms with Gasteiger partial charge in [-0.15, -0.1) is 0 Å². The molecule has 33 heavy (non-hydrogen) atoms. The van der Waals surface area contributed by atoms with E-state index in [4.69, 9.17) is 9.47 Å². The third kappa shape index (κ3) is 5.70. The Morgan fingerprint density at radius 2 is 1.21 bits per heavy atom. The summed E-state index contributed by atoms with van der Waals surface area (Å²) in [6, 6.07) is 20.3. The molecule has 0 atom stereocenters. The van der Waals surface area contributed by atoms with Crippen LogP contribution in [0.3, 0.4) is 0 Å². The van der Waals surface area contributed by atoms with E-state index in [1.807, 2.05) is 76.2 Å². The number of hydrogen-bond acceptors (Lipinski definition) is 4. The fourth-order valence-corrected chi connectivity index (χ4v) is 3.90. The van der Waals surface area contributed by atoms with E-state index in [0.717, 1.165) is 23.1 Å². The molecule has 3 aromatic rings. The SMILES string of the molecule is CCCc1cccc(OC(=O)c2ccccc2C(C)C)c1OC(=O)c1ccccc1C(C)C. The molecule has 0 unspecified atom stereocenters. The van der Waals surface area contributed by atoms with E-state index in [1.54, 1.807) is 18.2 Å². The van der Waals surface area contributed by atoms with Crippen LogP contribution in [-0.4, -0.2) is 11.9 Å². The standard InChI is InChI=1S/C29H32O4/c1-6-12-21-13-11-18-26(32-28(30)24-16-9-7-14-22(24)19(2)3)27(21)33-29(31)25-17-10-8-15-23(25)20(4)5/h7-11,13-20H,6,12H2,1-5H3. The fourth-order valence-electron chi connectivity index (χ4n) is 3.90. The van der Waals surface area contributed by atoms with Gasteiger partial charge in [-0.25, -0.2) is 9.59 Å². The lowest BCUT2D eigenvalue weighted by Crippen LogP contribution is -2.16. The van der Waals surface area contributed by atoms with Crippen molar-refractivity contribution in [1.82, 2.24) is 0 Å². The number of para-hydroxylation sites is 1. The summed E-state index contributed by atoms with van der Waals surface area (Å²) in [6.07, 6.45) is 1.56. The first-order valence-electron chi connectivity index (χ1n) is 11.6. The van der Waals surface area contributed by atoms with Gasteiger partial charge in [0.15, 0.2) is 11.5 Å². The highest BCUT2D eigenvalue weighted by Crippen LogP contribution is 2.35. The number of rotatable bonds is 8. The monoisotopic (exact) mass is 444 g/mol. The van der Waals surface area contributed by atoms with Gasteiger partial charge in [-0.2, -0.15) is 0 Å². The number of aryl methyl sites for hydroxylation is 1. The van der Waals surface area contributed by atoms with E-state index >= 15 is 0 Å². The Balaban J connectivity index is 1.98. The highest BCUT2D eigenvalue weighted by Gasteiger charge is 2.22. The van der Waals surface area contributed by atoms with Crippen molar-refractivity contribution in [2.75, 3.05) is 0 Å². The van der Waals surface area contributed by atoms with Crippen LogP contribution in [0.2, 0.25) is 0 Å². The number of hydrogen-bond donors (Lipinski definition) is 0. The van der Waals surface area contributed by atoms with Crippen molar-refractivity contribution >= 4 is 11.9 Å². The van der Waals surface area contributed by atoms with Gasteiger partial charge in [-0.05, 0) is 53.1 Å². The third-order valence-electron chi connectivity index (χ3n) is 5.58. The number of carbonyl (C=O) groups excluding carboxylic acids is 2. The fraction of sp³-hybridized carbons (Fsp3) is 0.310. The topological polar surface area (TPSA) is 52.6 Å². The predicted molar refractivity (Wildman–Crippen MR) is 131 cm³/mol. The molecule has 3 rings (SSSR count). The minimum Gasteiger partial charge on any atom is -0.419 e. The Morgan fingerprint density at radius 1 is 0.697 bits per heavy atom. The molecule has 0 N–H and O–H groups in total. The van der Waals surface area contributed by atoms with E-state index in [9.17, 15) is 9.59 Å². The zero-order chi connectivity index (χ0) is 24.0. The maximum atomic E-state index is 13.2. The lowest BCUT2D eigenvalue weighted by Gasteiger charge is -2.17. The van der Waals surface area contributed by atoms with Gasteiger partial charge >= 0.3 is 11.9 Å². The molecule has 3 aromatic carbocycles. The summed E-state index contributed by atoms with van der Waals surface area (Å²) < 4.78 is 11.7. The van der Waals surface area contributed by atoms with Crippen molar-refractivity contribution in [1.29, 1.82) is 0 Å². The first-order chi connectivity index (χ1) is 15.8. The molecule has 0 amide bonds. The molecule has 4 nitrogen and oxygen atoms in total. The average molecular weight is 445 g/mol. The Kier molecular flexibility index (Phi) is 8.05. The van der Waals surface area contributed by atoms with E-state index < -0.39 is 11.9 Å². The molecular formula is C29H32O4. The Bertz CT molecular complexity index is 1130. The molecule has 0 aliphatic rings. The van der Waals surface area contributed by atoms with Gasteiger partial charge < -0.3 is 9.47 Å². The summed E-state index contributed by atoms with van der Waals surface area (Å²) in [6.45, 7) is 10.2. The maximum absolute atomic E-state index is 13.2. The molecule has 172 valence electrons. The van der Waals surface area contributed by atoms with Gasteiger partial charge in [0, 0.05) is 0 Å². The lowest BCUT2D eigenvalue weighted by molar-refractivity contribution is 0.0679. The number of benzene rings is 3. The minimum absolute atomic E-state index is 0.171. The molecule has 0 fully saturated rings. The zero-order valence-electron chi connectivity index (χ0n) is 20.1. The summed E-state index contributed by atoms with van der Waals surface area (Å²) in [7, 11) is 0. The van der Waals surface area contributed by atoms with Crippen molar-refractivity contribution in [2.24, 2.45) is 0 Å². The van der Waals surface area contributed by atoms with Crippen LogP contribution in [0.15, 0.2) is 66.7 Å². The zero-order valence-corrected chi connectivity index (χ0v) is 20.1. The van der Waals surface area contributed by atoms with Crippen molar-refractivity contribution < 1.29 is 19.1 Å². The predicted octanol–water partition coefficient (Wildman–Crippen LogP) is 7.32. The normalized spacial score (nSPS) is 11.0. The summed E-state index contributed by atoms with van der Waals surface area (Å²) in [5.41, 5.74) is 3.68. The summed E-state index contributed by atoms with van der Waals surface area (Å²) in [4.78, 5) is 26.3. The second-order valence-electron chi connectivity index (χ2n) is 8.76. The summed E-state index contributed by atoms with van der Waals surface area (Å²) in [5.74, 6) is -0.0248. The van der Waals surface area contributed by atoms with Gasteiger partial charge in [0.1, 0.15) is 0 Å². The van der Waals surface area contributed by atoms with Crippen molar-refractivity contribution in [3.05, 3.63) is 94.5 Å². The quantitative estimate of drug-likeness (QED) is 0.270. The minimum atomic E-state index is -0.465. The molecule has 0 aliphatic heterocycles. The van der Waals surface area contributed by atoms with Crippen molar-refractivity contribution in [3.63, 3.8) is 0 Å². The van der Waals surface area contributed by atoms with Crippen molar-refractivity contribution in [3.8, 4) is 11.5 Å². The highest BCUT2D eigenvalue weighted by molar-refractivity contribution is 5.95. The summed E-state index contributed by atoms with van der Waals surface area (Å²) >= 11 is 0. The van der Waals surface area contributed by atoms with Gasteiger partial charge in [0.25, 0.3) is 0 Å². The largest absolute Gasteiger partial charge is 0.419 e. The molecule has 0 aliphatic carbocycles. The summed E-state index contributed by atoms with van der Waals surface area (Å²) in [5, 5.41) is 0. The van der Waals surface area contributed by atoms with Crippen LogP contribution in [0.1, 0.15) is 90.3 Å². The lowest BCUT2D eigenvalue weighted by atomic mass is 9.97. The number of esters is 2. The Hall–Kier alpha value is -3.40. The Labute approximate surface area is 196 Å². The highest BCUT2D eigenvalue weighted by atomic mass is 16.6. The van der Waals surface area contributed by atoms with Crippen molar-refractivity contribution in [2.45, 2.75) is 59.3 Å². The van der Waals surface area contributed by atoms with Gasteiger partial charge in [0.2, 0.25) is 0 Å². The Morgan fingerprint density at radius 3 is 1.73 bits per heavy atom. The van der Waals surface area contributed by atoms with Crippen LogP contribution in [-0.2, 0) is 6.42 Å². The first kappa shape index (κ1) is 24.2. The molecule has 0 heterocycles. The van der Waals surface area contributed by atoms with Crippen LogP contribution < -0.4 is 9.47 Å². The van der Waals surface area contributed by atoms with E-state index in [2.05, 4.69) is 6.92 Å². The molecule has 0 bridgehead atoms.